The average Bonchev–Trinajstić information content (AvgIpc) is 2.63. The molecular formula is C13H19NO4. The number of H-pyrrole nitrogens is 1. The predicted molar refractivity (Wildman–Crippen MR) is 66.3 cm³/mol. The quantitative estimate of drug-likeness (QED) is 0.816. The fourth-order valence-electron chi connectivity index (χ4n) is 1.88. The number of hydrogen-bond donors (Lipinski definition) is 1. The van der Waals surface area contributed by atoms with E-state index >= 15 is 0 Å². The lowest BCUT2D eigenvalue weighted by atomic mass is 10.1. The summed E-state index contributed by atoms with van der Waals surface area (Å²) < 4.78 is 9.93. The Balaban J connectivity index is 3.00. The first-order chi connectivity index (χ1) is 8.51. The maximum Gasteiger partial charge on any atom is 0.355 e. The molecule has 0 aliphatic heterocycles. The second-order valence-electron chi connectivity index (χ2n) is 3.94. The fourth-order valence-corrected chi connectivity index (χ4v) is 1.88. The molecule has 1 rings (SSSR count). The van der Waals surface area contributed by atoms with Crippen LogP contribution in [0, 0.1) is 6.92 Å². The zero-order valence-electron chi connectivity index (χ0n) is 11.3. The molecular weight excluding hydrogens is 234 g/mol. The van der Waals surface area contributed by atoms with Crippen LogP contribution in [-0.4, -0.2) is 23.5 Å². The minimum absolute atomic E-state index is 0.152. The van der Waals surface area contributed by atoms with Crippen LogP contribution in [0.15, 0.2) is 0 Å². The van der Waals surface area contributed by atoms with Gasteiger partial charge in [0, 0.05) is 6.92 Å². The molecule has 1 aromatic heterocycles. The molecule has 0 spiro atoms. The van der Waals surface area contributed by atoms with Gasteiger partial charge in [-0.05, 0) is 31.4 Å². The highest BCUT2D eigenvalue weighted by Crippen LogP contribution is 2.20. The van der Waals surface area contributed by atoms with Crippen molar-refractivity contribution in [3.8, 4) is 0 Å². The van der Waals surface area contributed by atoms with E-state index in [1.54, 1.807) is 6.92 Å². The van der Waals surface area contributed by atoms with Gasteiger partial charge in [-0.15, -0.1) is 0 Å². The van der Waals surface area contributed by atoms with Crippen molar-refractivity contribution in [3.63, 3.8) is 0 Å². The summed E-state index contributed by atoms with van der Waals surface area (Å²) in [5, 5.41) is 0. The van der Waals surface area contributed by atoms with Gasteiger partial charge in [-0.2, -0.15) is 0 Å². The molecule has 0 aliphatic carbocycles. The van der Waals surface area contributed by atoms with Gasteiger partial charge in [0.15, 0.2) is 0 Å². The summed E-state index contributed by atoms with van der Waals surface area (Å²) in [5.74, 6) is -0.722. The van der Waals surface area contributed by atoms with Gasteiger partial charge in [0.25, 0.3) is 0 Å². The molecule has 0 aliphatic rings. The van der Waals surface area contributed by atoms with Gasteiger partial charge in [-0.3, -0.25) is 4.79 Å². The first kappa shape index (κ1) is 14.3. The van der Waals surface area contributed by atoms with E-state index in [0.717, 1.165) is 23.2 Å². The molecule has 0 radical (unpaired) electrons. The lowest BCUT2D eigenvalue weighted by molar-refractivity contribution is -0.142. The average molecular weight is 253 g/mol. The maximum absolute atomic E-state index is 11.7. The Morgan fingerprint density at radius 3 is 2.39 bits per heavy atom. The molecule has 0 atom stereocenters. The summed E-state index contributed by atoms with van der Waals surface area (Å²) in [6.45, 7) is 7.45. The molecule has 5 heteroatoms. The number of rotatable bonds is 5. The summed E-state index contributed by atoms with van der Waals surface area (Å²) in [7, 11) is 0. The summed E-state index contributed by atoms with van der Waals surface area (Å²) in [4.78, 5) is 25.5. The smallest absolute Gasteiger partial charge is 0.355 e. The molecule has 0 fully saturated rings. The lowest BCUT2D eigenvalue weighted by Gasteiger charge is -2.02. The minimum Gasteiger partial charge on any atom is -0.461 e. The van der Waals surface area contributed by atoms with Crippen LogP contribution in [0.4, 0.5) is 0 Å². The number of ether oxygens (including phenoxy) is 2. The van der Waals surface area contributed by atoms with Crippen LogP contribution in [0.1, 0.15) is 48.1 Å². The molecule has 18 heavy (non-hydrogen) atoms. The second kappa shape index (κ2) is 6.23. The number of nitrogens with one attached hydrogen (secondary N) is 1. The number of aromatic amines is 1. The second-order valence-corrected chi connectivity index (χ2v) is 3.94. The first-order valence-corrected chi connectivity index (χ1v) is 6.02. The van der Waals surface area contributed by atoms with Gasteiger partial charge >= 0.3 is 11.9 Å². The largest absolute Gasteiger partial charge is 0.461 e. The van der Waals surface area contributed by atoms with Crippen LogP contribution in [0.25, 0.3) is 0 Å². The van der Waals surface area contributed by atoms with Gasteiger partial charge in [-0.25, -0.2) is 4.79 Å². The van der Waals surface area contributed by atoms with E-state index in [2.05, 4.69) is 4.98 Å². The highest BCUT2D eigenvalue weighted by atomic mass is 16.5. The third kappa shape index (κ3) is 3.12. The standard InChI is InChI=1S/C13H19NO4/c1-5-10-8(3)12(13(16)17-6-2)14-11(10)7-18-9(4)15/h14H,5-7H2,1-4H3. The summed E-state index contributed by atoms with van der Waals surface area (Å²) >= 11 is 0. The number of hydrogen-bond acceptors (Lipinski definition) is 4. The fraction of sp³-hybridized carbons (Fsp3) is 0.538. The van der Waals surface area contributed by atoms with E-state index < -0.39 is 0 Å². The highest BCUT2D eigenvalue weighted by Gasteiger charge is 2.19. The van der Waals surface area contributed by atoms with Crippen LogP contribution in [0.3, 0.4) is 0 Å². The summed E-state index contributed by atoms with van der Waals surface area (Å²) in [6.07, 6.45) is 0.762. The topological polar surface area (TPSA) is 68.4 Å². The van der Waals surface area contributed by atoms with Gasteiger partial charge in [0.2, 0.25) is 0 Å². The zero-order chi connectivity index (χ0) is 13.7. The molecule has 0 saturated heterocycles. The Kier molecular flexibility index (Phi) is 4.95. The highest BCUT2D eigenvalue weighted by molar-refractivity contribution is 5.89. The van der Waals surface area contributed by atoms with E-state index in [0.29, 0.717) is 12.3 Å². The minimum atomic E-state index is -0.376. The SMILES string of the molecule is CCOC(=O)c1[nH]c(COC(C)=O)c(CC)c1C. The number of carbonyl (C=O) groups excluding carboxylic acids is 2. The zero-order valence-corrected chi connectivity index (χ0v) is 11.3. The number of esters is 2. The third-order valence-corrected chi connectivity index (χ3v) is 2.72. The molecule has 0 saturated carbocycles. The normalized spacial score (nSPS) is 10.2. The summed E-state index contributed by atoms with van der Waals surface area (Å²) in [5.41, 5.74) is 3.06. The summed E-state index contributed by atoms with van der Waals surface area (Å²) in [6, 6.07) is 0. The van der Waals surface area contributed by atoms with Gasteiger partial charge < -0.3 is 14.5 Å². The monoisotopic (exact) mass is 253 g/mol. The van der Waals surface area contributed by atoms with Crippen molar-refractivity contribution < 1.29 is 19.1 Å². The molecule has 1 heterocycles. The van der Waals surface area contributed by atoms with Gasteiger partial charge in [0.1, 0.15) is 12.3 Å². The van der Waals surface area contributed by atoms with Crippen LogP contribution >= 0.6 is 0 Å². The van der Waals surface area contributed by atoms with Crippen molar-refractivity contribution >= 4 is 11.9 Å². The van der Waals surface area contributed by atoms with Crippen molar-refractivity contribution in [2.45, 2.75) is 40.7 Å². The van der Waals surface area contributed by atoms with Gasteiger partial charge in [-0.1, -0.05) is 6.92 Å². The molecule has 1 aromatic rings. The first-order valence-electron chi connectivity index (χ1n) is 6.02. The van der Waals surface area contributed by atoms with Gasteiger partial charge in [0.05, 0.1) is 12.3 Å². The molecule has 5 nitrogen and oxygen atoms in total. The van der Waals surface area contributed by atoms with E-state index in [1.807, 2.05) is 13.8 Å². The maximum atomic E-state index is 11.7. The van der Waals surface area contributed by atoms with Crippen molar-refractivity contribution in [3.05, 3.63) is 22.5 Å². The van der Waals surface area contributed by atoms with Crippen molar-refractivity contribution in [2.24, 2.45) is 0 Å². The van der Waals surface area contributed by atoms with E-state index in [9.17, 15) is 9.59 Å². The van der Waals surface area contributed by atoms with Crippen LogP contribution in [0.5, 0.6) is 0 Å². The van der Waals surface area contributed by atoms with Crippen LogP contribution in [0.2, 0.25) is 0 Å². The van der Waals surface area contributed by atoms with Crippen molar-refractivity contribution in [1.29, 1.82) is 0 Å². The third-order valence-electron chi connectivity index (χ3n) is 2.72. The van der Waals surface area contributed by atoms with Crippen molar-refractivity contribution in [2.75, 3.05) is 6.61 Å². The van der Waals surface area contributed by atoms with Crippen LogP contribution < -0.4 is 0 Å². The lowest BCUT2D eigenvalue weighted by Crippen LogP contribution is -2.07. The van der Waals surface area contributed by atoms with E-state index in [-0.39, 0.29) is 18.5 Å². The molecule has 100 valence electrons. The van der Waals surface area contributed by atoms with Crippen molar-refractivity contribution in [1.82, 2.24) is 4.98 Å². The predicted octanol–water partition coefficient (Wildman–Crippen LogP) is 2.13. The van der Waals surface area contributed by atoms with E-state index in [4.69, 9.17) is 9.47 Å². The molecule has 1 N–H and O–H groups in total. The van der Waals surface area contributed by atoms with E-state index in [1.165, 1.54) is 6.92 Å². The molecule has 0 aromatic carbocycles. The number of carbonyl (C=O) groups is 2. The molecule has 0 amide bonds. The molecule has 0 unspecified atom stereocenters. The Morgan fingerprint density at radius 2 is 1.89 bits per heavy atom. The van der Waals surface area contributed by atoms with Crippen LogP contribution in [-0.2, 0) is 27.3 Å². The Morgan fingerprint density at radius 1 is 1.22 bits per heavy atom. The Labute approximate surface area is 106 Å². The Hall–Kier alpha value is -1.78. The molecule has 0 bridgehead atoms. The Bertz CT molecular complexity index is 448. The number of aromatic nitrogens is 1.